The number of hydrogen-bond acceptors (Lipinski definition) is 5. The van der Waals surface area contributed by atoms with Crippen LogP contribution in [0.4, 0.5) is 5.69 Å². The van der Waals surface area contributed by atoms with Crippen molar-refractivity contribution in [1.82, 2.24) is 15.1 Å². The molecule has 1 fully saturated rings. The maximum absolute atomic E-state index is 12.8. The van der Waals surface area contributed by atoms with Gasteiger partial charge in [-0.3, -0.25) is 14.9 Å². The van der Waals surface area contributed by atoms with Gasteiger partial charge in [0.1, 0.15) is 5.75 Å². The molecule has 2 aromatic rings. The van der Waals surface area contributed by atoms with Crippen molar-refractivity contribution >= 4 is 62.4 Å². The molecule has 1 aliphatic heterocycles. The Bertz CT molecular complexity index is 1050. The van der Waals surface area contributed by atoms with Gasteiger partial charge in [-0.25, -0.2) is 0 Å². The van der Waals surface area contributed by atoms with Crippen molar-refractivity contribution in [2.45, 2.75) is 13.8 Å². The fourth-order valence-corrected chi connectivity index (χ4v) is 4.66. The Balaban J connectivity index is 1.58. The molecule has 176 valence electrons. The molecular formula is C23H26BrClN4O3S. The first kappa shape index (κ1) is 25.4. The van der Waals surface area contributed by atoms with E-state index in [-0.39, 0.29) is 17.6 Å². The molecule has 0 aliphatic carbocycles. The van der Waals surface area contributed by atoms with Crippen LogP contribution in [0, 0.1) is 13.8 Å². The minimum absolute atomic E-state index is 0.0643. The molecule has 3 rings (SSSR count). The first-order valence-electron chi connectivity index (χ1n) is 10.4. The third-order valence-electron chi connectivity index (χ3n) is 5.23. The third kappa shape index (κ3) is 6.89. The number of piperazine rings is 1. The minimum Gasteiger partial charge on any atom is -0.482 e. The molecule has 1 saturated heterocycles. The summed E-state index contributed by atoms with van der Waals surface area (Å²) in [6, 6.07) is 8.86. The summed E-state index contributed by atoms with van der Waals surface area (Å²) in [4.78, 5) is 29.2. The van der Waals surface area contributed by atoms with Crippen molar-refractivity contribution in [1.29, 1.82) is 0 Å². The summed E-state index contributed by atoms with van der Waals surface area (Å²) in [5, 5.41) is 5.92. The lowest BCUT2D eigenvalue weighted by Crippen LogP contribution is -2.47. The number of nitrogens with one attached hydrogen (secondary N) is 2. The predicted octanol–water partition coefficient (Wildman–Crippen LogP) is 4.00. The molecule has 10 heteroatoms. The van der Waals surface area contributed by atoms with Crippen LogP contribution in [0.25, 0.3) is 0 Å². The Morgan fingerprint density at radius 2 is 1.85 bits per heavy atom. The van der Waals surface area contributed by atoms with E-state index in [0.717, 1.165) is 28.7 Å². The molecule has 0 bridgehead atoms. The van der Waals surface area contributed by atoms with E-state index in [9.17, 15) is 9.59 Å². The Morgan fingerprint density at radius 3 is 2.52 bits per heavy atom. The molecule has 0 atom stereocenters. The number of rotatable bonds is 5. The molecule has 0 spiro atoms. The first-order chi connectivity index (χ1) is 15.6. The lowest BCUT2D eigenvalue weighted by Gasteiger charge is -2.32. The fourth-order valence-electron chi connectivity index (χ4n) is 3.49. The van der Waals surface area contributed by atoms with Crippen LogP contribution in [-0.4, -0.2) is 66.6 Å². The maximum atomic E-state index is 12.8. The average Bonchev–Trinajstić information content (AvgIpc) is 2.74. The number of benzene rings is 2. The first-order valence-corrected chi connectivity index (χ1v) is 12.0. The molecule has 7 nitrogen and oxygen atoms in total. The third-order valence-corrected chi connectivity index (χ3v) is 6.35. The van der Waals surface area contributed by atoms with Gasteiger partial charge < -0.3 is 19.9 Å². The smallest absolute Gasteiger partial charge is 0.264 e. The number of carbonyl (C=O) groups is 2. The van der Waals surface area contributed by atoms with Crippen LogP contribution in [0.15, 0.2) is 34.8 Å². The number of likely N-dealkylation sites (N-methyl/N-ethyl adjacent to an activating group) is 1. The normalized spacial score (nSPS) is 14.0. The number of aryl methyl sites for hydroxylation is 2. The number of amides is 2. The number of halogens is 2. The molecule has 1 heterocycles. The summed E-state index contributed by atoms with van der Waals surface area (Å²) >= 11 is 15.0. The van der Waals surface area contributed by atoms with Crippen LogP contribution in [0.1, 0.15) is 21.5 Å². The van der Waals surface area contributed by atoms with E-state index in [1.54, 1.807) is 18.2 Å². The summed E-state index contributed by atoms with van der Waals surface area (Å²) in [5.41, 5.74) is 2.96. The average molecular weight is 554 g/mol. The van der Waals surface area contributed by atoms with Gasteiger partial charge in [-0.1, -0.05) is 17.7 Å². The van der Waals surface area contributed by atoms with Crippen LogP contribution in [-0.2, 0) is 4.79 Å². The molecular weight excluding hydrogens is 528 g/mol. The lowest BCUT2D eigenvalue weighted by molar-refractivity contribution is -0.121. The molecule has 0 radical (unpaired) electrons. The Kier molecular flexibility index (Phi) is 8.69. The summed E-state index contributed by atoms with van der Waals surface area (Å²) in [6.45, 7) is 6.70. The highest BCUT2D eigenvalue weighted by atomic mass is 79.9. The highest BCUT2D eigenvalue weighted by Gasteiger charge is 2.21. The van der Waals surface area contributed by atoms with E-state index in [1.807, 2.05) is 37.9 Å². The molecule has 2 N–H and O–H groups in total. The van der Waals surface area contributed by atoms with E-state index in [4.69, 9.17) is 28.6 Å². The topological polar surface area (TPSA) is 73.9 Å². The van der Waals surface area contributed by atoms with Gasteiger partial charge in [0.25, 0.3) is 11.8 Å². The van der Waals surface area contributed by atoms with Gasteiger partial charge in [-0.05, 0) is 84.4 Å². The summed E-state index contributed by atoms with van der Waals surface area (Å²) in [5.74, 6) is 0.123. The molecule has 0 aromatic heterocycles. The number of thiocarbonyl (C=S) groups is 1. The van der Waals surface area contributed by atoms with Crippen molar-refractivity contribution in [3.8, 4) is 5.75 Å². The zero-order valence-corrected chi connectivity index (χ0v) is 21.9. The molecule has 2 aromatic carbocycles. The number of ether oxygens (including phenoxy) is 1. The van der Waals surface area contributed by atoms with Crippen LogP contribution >= 0.6 is 39.7 Å². The molecule has 1 aliphatic rings. The van der Waals surface area contributed by atoms with Gasteiger partial charge in [0.05, 0.1) is 15.2 Å². The van der Waals surface area contributed by atoms with Crippen molar-refractivity contribution in [3.05, 3.63) is 56.5 Å². The lowest BCUT2D eigenvalue weighted by atomic mass is 10.1. The molecule has 0 unspecified atom stereocenters. The predicted molar refractivity (Wildman–Crippen MR) is 138 cm³/mol. The second-order valence-corrected chi connectivity index (χ2v) is 9.64. The van der Waals surface area contributed by atoms with Crippen molar-refractivity contribution in [3.63, 3.8) is 0 Å². The van der Waals surface area contributed by atoms with Crippen LogP contribution in [0.2, 0.25) is 5.02 Å². The Labute approximate surface area is 212 Å². The summed E-state index contributed by atoms with van der Waals surface area (Å²) < 4.78 is 6.44. The Morgan fingerprint density at radius 1 is 1.15 bits per heavy atom. The zero-order chi connectivity index (χ0) is 24.1. The van der Waals surface area contributed by atoms with Crippen molar-refractivity contribution in [2.75, 3.05) is 45.2 Å². The molecule has 2 amide bonds. The van der Waals surface area contributed by atoms with Crippen LogP contribution in [0.5, 0.6) is 5.75 Å². The highest BCUT2D eigenvalue weighted by molar-refractivity contribution is 9.10. The van der Waals surface area contributed by atoms with Gasteiger partial charge in [0, 0.05) is 31.7 Å². The quantitative estimate of drug-likeness (QED) is 0.546. The van der Waals surface area contributed by atoms with Gasteiger partial charge in [0.15, 0.2) is 11.7 Å². The summed E-state index contributed by atoms with van der Waals surface area (Å²) in [7, 11) is 2.03. The van der Waals surface area contributed by atoms with Crippen molar-refractivity contribution in [2.24, 2.45) is 0 Å². The van der Waals surface area contributed by atoms with E-state index < -0.39 is 5.91 Å². The van der Waals surface area contributed by atoms with Crippen molar-refractivity contribution < 1.29 is 14.3 Å². The second-order valence-electron chi connectivity index (χ2n) is 7.97. The van der Waals surface area contributed by atoms with E-state index in [1.165, 1.54) is 0 Å². The van der Waals surface area contributed by atoms with Crippen LogP contribution < -0.4 is 15.4 Å². The highest BCUT2D eigenvalue weighted by Crippen LogP contribution is 2.30. The van der Waals surface area contributed by atoms with Gasteiger partial charge in [-0.15, -0.1) is 0 Å². The van der Waals surface area contributed by atoms with E-state index in [2.05, 4.69) is 31.5 Å². The van der Waals surface area contributed by atoms with E-state index >= 15 is 0 Å². The van der Waals surface area contributed by atoms with Gasteiger partial charge >= 0.3 is 0 Å². The van der Waals surface area contributed by atoms with E-state index in [0.29, 0.717) is 35.1 Å². The molecule has 33 heavy (non-hydrogen) atoms. The second kappa shape index (κ2) is 11.3. The van der Waals surface area contributed by atoms with Gasteiger partial charge in [0.2, 0.25) is 0 Å². The summed E-state index contributed by atoms with van der Waals surface area (Å²) in [6.07, 6.45) is 0. The zero-order valence-electron chi connectivity index (χ0n) is 18.7. The number of nitrogens with zero attached hydrogens (tertiary/aromatic N) is 2. The molecule has 0 saturated carbocycles. The Hall–Kier alpha value is -2.20. The fraction of sp³-hybridized carbons (Fsp3) is 0.348. The monoisotopic (exact) mass is 552 g/mol. The number of anilines is 1. The minimum atomic E-state index is -0.417. The SMILES string of the molecule is Cc1cc(C)c(OCC(=O)NC(=S)Nc2cc(C(=O)N3CCN(C)CC3)ccc2Cl)c(Br)c1. The largest absolute Gasteiger partial charge is 0.482 e. The maximum Gasteiger partial charge on any atom is 0.264 e. The van der Waals surface area contributed by atoms with Crippen LogP contribution in [0.3, 0.4) is 0 Å². The standard InChI is InChI=1S/C23H26BrClN4O3S/c1-14-10-15(2)21(17(24)11-14)32-13-20(30)27-23(33)26-19-12-16(4-5-18(19)25)22(31)29-8-6-28(3)7-9-29/h4-5,10-12H,6-9,13H2,1-3H3,(H2,26,27,30,33). The number of hydrogen-bond donors (Lipinski definition) is 2. The van der Waals surface area contributed by atoms with Gasteiger partial charge in [-0.2, -0.15) is 0 Å². The number of carbonyl (C=O) groups excluding carboxylic acids is 2.